The Morgan fingerprint density at radius 3 is 2.40 bits per heavy atom. The van der Waals surface area contributed by atoms with Crippen molar-refractivity contribution >= 4 is 29.1 Å². The zero-order valence-electron chi connectivity index (χ0n) is 13.2. The lowest BCUT2D eigenvalue weighted by Gasteiger charge is -2.06. The van der Waals surface area contributed by atoms with Gasteiger partial charge < -0.3 is 9.47 Å². The van der Waals surface area contributed by atoms with Gasteiger partial charge in [-0.15, -0.1) is 0 Å². The van der Waals surface area contributed by atoms with E-state index < -0.39 is 0 Å². The number of carbonyl (C=O) groups excluding carboxylic acids is 1. The Hall–Kier alpha value is -3.11. The molecule has 4 heteroatoms. The number of rotatable bonds is 4. The molecule has 3 nitrogen and oxygen atoms in total. The third-order valence-corrected chi connectivity index (χ3v) is 4.41. The zero-order valence-corrected chi connectivity index (χ0v) is 14.0. The van der Waals surface area contributed by atoms with E-state index in [1.54, 1.807) is 17.4 Å². The number of thiophene rings is 1. The summed E-state index contributed by atoms with van der Waals surface area (Å²) in [7, 11) is 0. The Labute approximate surface area is 149 Å². The summed E-state index contributed by atoms with van der Waals surface area (Å²) >= 11 is 1.59. The average Bonchev–Trinajstić information content (AvgIpc) is 3.27. The second-order valence-corrected chi connectivity index (χ2v) is 6.27. The summed E-state index contributed by atoms with van der Waals surface area (Å²) in [4.78, 5) is 12.0. The Bertz CT molecular complexity index is 937. The first-order valence-corrected chi connectivity index (χ1v) is 8.73. The fraction of sp³-hybridized carbons (Fsp3) is 0. The van der Waals surface area contributed by atoms with E-state index in [1.807, 2.05) is 77.5 Å². The van der Waals surface area contributed by atoms with Crippen molar-refractivity contribution in [3.63, 3.8) is 0 Å². The van der Waals surface area contributed by atoms with Crippen LogP contribution in [0.15, 0.2) is 83.1 Å². The van der Waals surface area contributed by atoms with Gasteiger partial charge in [0.2, 0.25) is 0 Å². The Morgan fingerprint density at radius 2 is 1.68 bits per heavy atom. The molecule has 4 rings (SSSR count). The Kier molecular flexibility index (Phi) is 4.19. The monoisotopic (exact) mass is 346 g/mol. The van der Waals surface area contributed by atoms with Crippen LogP contribution in [-0.2, 0) is 9.53 Å². The number of esters is 1. The van der Waals surface area contributed by atoms with Gasteiger partial charge in [-0.3, -0.25) is 0 Å². The van der Waals surface area contributed by atoms with E-state index in [-0.39, 0.29) is 5.97 Å². The van der Waals surface area contributed by atoms with E-state index in [2.05, 4.69) is 0 Å². The molecule has 0 fully saturated rings. The molecule has 0 saturated heterocycles. The Balaban J connectivity index is 1.53. The fourth-order valence-electron chi connectivity index (χ4n) is 2.48. The van der Waals surface area contributed by atoms with Gasteiger partial charge >= 0.3 is 5.97 Å². The van der Waals surface area contributed by atoms with Crippen molar-refractivity contribution in [3.05, 3.63) is 94.2 Å². The van der Waals surface area contributed by atoms with Gasteiger partial charge in [-0.1, -0.05) is 18.2 Å². The minimum absolute atomic E-state index is 0.328. The normalized spacial score (nSPS) is 15.1. The number of ether oxygens (including phenoxy) is 2. The maximum absolute atomic E-state index is 12.0. The molecule has 0 atom stereocenters. The van der Waals surface area contributed by atoms with Crippen LogP contribution in [0, 0.1) is 0 Å². The van der Waals surface area contributed by atoms with Crippen LogP contribution in [0.25, 0.3) is 11.8 Å². The highest BCUT2D eigenvalue weighted by Gasteiger charge is 2.22. The smallest absolute Gasteiger partial charge is 0.343 e. The molecule has 3 aromatic rings. The standard InChI is InChI=1S/C21H14O3S/c22-21-17(12-15-10-11-25-14-15)13-20(24-21)16-6-8-19(9-7-16)23-18-4-2-1-3-5-18/h1-14H/b17-12+. The first kappa shape index (κ1) is 15.4. The summed E-state index contributed by atoms with van der Waals surface area (Å²) < 4.78 is 11.2. The van der Waals surface area contributed by atoms with Crippen LogP contribution in [0.1, 0.15) is 11.1 Å². The van der Waals surface area contributed by atoms with Crippen LogP contribution in [0.2, 0.25) is 0 Å². The van der Waals surface area contributed by atoms with Gasteiger partial charge in [0.1, 0.15) is 17.3 Å². The summed E-state index contributed by atoms with van der Waals surface area (Å²) in [5.74, 6) is 1.74. The number of hydrogen-bond acceptors (Lipinski definition) is 4. The summed E-state index contributed by atoms with van der Waals surface area (Å²) in [6.07, 6.45) is 3.60. The van der Waals surface area contributed by atoms with E-state index in [9.17, 15) is 4.79 Å². The van der Waals surface area contributed by atoms with Crippen LogP contribution in [0.3, 0.4) is 0 Å². The van der Waals surface area contributed by atoms with E-state index in [4.69, 9.17) is 9.47 Å². The minimum Gasteiger partial charge on any atom is -0.457 e. The van der Waals surface area contributed by atoms with E-state index in [1.165, 1.54) is 0 Å². The van der Waals surface area contributed by atoms with Gasteiger partial charge in [0.25, 0.3) is 0 Å². The first-order valence-electron chi connectivity index (χ1n) is 7.79. The van der Waals surface area contributed by atoms with Crippen molar-refractivity contribution in [1.82, 2.24) is 0 Å². The van der Waals surface area contributed by atoms with Gasteiger partial charge in [-0.05, 0) is 70.9 Å². The first-order chi connectivity index (χ1) is 12.3. The molecule has 25 heavy (non-hydrogen) atoms. The largest absolute Gasteiger partial charge is 0.457 e. The van der Waals surface area contributed by atoms with Crippen molar-refractivity contribution in [2.45, 2.75) is 0 Å². The van der Waals surface area contributed by atoms with Crippen LogP contribution >= 0.6 is 11.3 Å². The average molecular weight is 346 g/mol. The topological polar surface area (TPSA) is 35.5 Å². The SMILES string of the molecule is O=C1OC(c2ccc(Oc3ccccc3)cc2)=C/C1=C\c1ccsc1. The van der Waals surface area contributed by atoms with Gasteiger partial charge in [0.05, 0.1) is 5.57 Å². The predicted molar refractivity (Wildman–Crippen MR) is 99.3 cm³/mol. The lowest BCUT2D eigenvalue weighted by molar-refractivity contribution is -0.130. The highest BCUT2D eigenvalue weighted by Crippen LogP contribution is 2.29. The molecule has 2 heterocycles. The minimum atomic E-state index is -0.328. The van der Waals surface area contributed by atoms with Crippen molar-refractivity contribution in [2.24, 2.45) is 0 Å². The third-order valence-electron chi connectivity index (χ3n) is 3.71. The maximum atomic E-state index is 12.0. The maximum Gasteiger partial charge on any atom is 0.343 e. The lowest BCUT2D eigenvalue weighted by Crippen LogP contribution is -1.97. The van der Waals surface area contributed by atoms with Crippen molar-refractivity contribution < 1.29 is 14.3 Å². The van der Waals surface area contributed by atoms with Crippen LogP contribution in [-0.4, -0.2) is 5.97 Å². The second-order valence-electron chi connectivity index (χ2n) is 5.49. The summed E-state index contributed by atoms with van der Waals surface area (Å²) in [5, 5.41) is 3.96. The van der Waals surface area contributed by atoms with Crippen LogP contribution < -0.4 is 4.74 Å². The number of cyclic esters (lactones) is 1. The van der Waals surface area contributed by atoms with Crippen LogP contribution in [0.4, 0.5) is 0 Å². The molecule has 0 spiro atoms. The molecule has 1 aliphatic heterocycles. The molecule has 1 aromatic heterocycles. The van der Waals surface area contributed by atoms with Crippen LogP contribution in [0.5, 0.6) is 11.5 Å². The van der Waals surface area contributed by atoms with E-state index in [0.29, 0.717) is 11.3 Å². The van der Waals surface area contributed by atoms with Gasteiger partial charge in [-0.25, -0.2) is 4.79 Å². The molecule has 0 amide bonds. The molecule has 0 radical (unpaired) electrons. The summed E-state index contributed by atoms with van der Waals surface area (Å²) in [6.45, 7) is 0. The van der Waals surface area contributed by atoms with Gasteiger partial charge in [0.15, 0.2) is 0 Å². The summed E-state index contributed by atoms with van der Waals surface area (Å²) in [6, 6.07) is 19.0. The molecule has 0 saturated carbocycles. The van der Waals surface area contributed by atoms with E-state index >= 15 is 0 Å². The number of carbonyl (C=O) groups is 1. The molecule has 0 unspecified atom stereocenters. The number of para-hydroxylation sites is 1. The third kappa shape index (κ3) is 3.54. The van der Waals surface area contributed by atoms with Crippen molar-refractivity contribution in [1.29, 1.82) is 0 Å². The molecule has 0 bridgehead atoms. The molecule has 0 N–H and O–H groups in total. The predicted octanol–water partition coefficient (Wildman–Crippen LogP) is 5.52. The zero-order chi connectivity index (χ0) is 17.1. The highest BCUT2D eigenvalue weighted by molar-refractivity contribution is 7.08. The Morgan fingerprint density at radius 1 is 0.920 bits per heavy atom. The number of hydrogen-bond donors (Lipinski definition) is 0. The quantitative estimate of drug-likeness (QED) is 0.461. The highest BCUT2D eigenvalue weighted by atomic mass is 32.1. The van der Waals surface area contributed by atoms with Gasteiger partial charge in [-0.2, -0.15) is 11.3 Å². The molecule has 122 valence electrons. The van der Waals surface area contributed by atoms with Gasteiger partial charge in [0, 0.05) is 5.56 Å². The van der Waals surface area contributed by atoms with Crippen molar-refractivity contribution in [2.75, 3.05) is 0 Å². The summed E-state index contributed by atoms with van der Waals surface area (Å²) in [5.41, 5.74) is 2.39. The molecule has 2 aromatic carbocycles. The fourth-order valence-corrected chi connectivity index (χ4v) is 3.10. The van der Waals surface area contributed by atoms with Crippen molar-refractivity contribution in [3.8, 4) is 11.5 Å². The number of benzene rings is 2. The molecule has 0 aliphatic carbocycles. The molecule has 1 aliphatic rings. The molecular weight excluding hydrogens is 332 g/mol. The lowest BCUT2D eigenvalue weighted by atomic mass is 10.1. The van der Waals surface area contributed by atoms with E-state index in [0.717, 1.165) is 22.6 Å². The molecular formula is C21H14O3S. The second kappa shape index (κ2) is 6.79.